The molecular formula is C13H17N3O2S. The molecule has 0 aliphatic heterocycles. The number of thioether (sulfide) groups is 1. The first kappa shape index (κ1) is 13.9. The van der Waals surface area contributed by atoms with E-state index in [1.165, 1.54) is 17.8 Å². The molecule has 0 atom stereocenters. The van der Waals surface area contributed by atoms with Gasteiger partial charge in [0.15, 0.2) is 10.8 Å². The Morgan fingerprint density at radius 2 is 2.11 bits per heavy atom. The van der Waals surface area contributed by atoms with Gasteiger partial charge in [-0.2, -0.15) is 4.98 Å². The van der Waals surface area contributed by atoms with Crippen LogP contribution in [-0.4, -0.2) is 27.4 Å². The predicted octanol–water partition coefficient (Wildman–Crippen LogP) is 2.49. The van der Waals surface area contributed by atoms with E-state index in [9.17, 15) is 4.79 Å². The van der Waals surface area contributed by atoms with Gasteiger partial charge in [-0.15, -0.1) is 0 Å². The lowest BCUT2D eigenvalue weighted by molar-refractivity contribution is 0.327. The van der Waals surface area contributed by atoms with Gasteiger partial charge in [-0.25, -0.2) is 4.98 Å². The molecule has 2 aromatic heterocycles. The number of fused-ring (bicyclic) bond motifs is 1. The van der Waals surface area contributed by atoms with Crippen LogP contribution in [0.1, 0.15) is 26.8 Å². The number of ether oxygens (including phenoxy) is 1. The third-order valence-electron chi connectivity index (χ3n) is 2.71. The number of hydrogen-bond donors (Lipinski definition) is 0. The van der Waals surface area contributed by atoms with E-state index < -0.39 is 0 Å². The van der Waals surface area contributed by atoms with Crippen molar-refractivity contribution >= 4 is 22.8 Å². The van der Waals surface area contributed by atoms with E-state index >= 15 is 0 Å². The minimum atomic E-state index is -0.0595. The molecule has 0 fully saturated rings. The molecule has 0 amide bonds. The van der Waals surface area contributed by atoms with Crippen LogP contribution >= 0.6 is 11.8 Å². The monoisotopic (exact) mass is 279 g/mol. The van der Waals surface area contributed by atoms with Crippen LogP contribution in [0, 0.1) is 0 Å². The maximum atomic E-state index is 12.0. The number of pyridine rings is 1. The molecule has 0 aromatic carbocycles. The maximum absolute atomic E-state index is 12.0. The van der Waals surface area contributed by atoms with Gasteiger partial charge in [0.1, 0.15) is 0 Å². The van der Waals surface area contributed by atoms with E-state index in [0.29, 0.717) is 23.3 Å². The van der Waals surface area contributed by atoms with E-state index in [1.807, 2.05) is 27.0 Å². The molecule has 0 spiro atoms. The van der Waals surface area contributed by atoms with Gasteiger partial charge in [0, 0.05) is 12.1 Å². The van der Waals surface area contributed by atoms with Gasteiger partial charge < -0.3 is 4.74 Å². The van der Waals surface area contributed by atoms with Gasteiger partial charge in [0.2, 0.25) is 5.88 Å². The Morgan fingerprint density at radius 1 is 1.37 bits per heavy atom. The second-order valence-electron chi connectivity index (χ2n) is 4.32. The largest absolute Gasteiger partial charge is 0.477 e. The Morgan fingerprint density at radius 3 is 2.68 bits per heavy atom. The standard InChI is InChI=1S/C13H17N3O2S/c1-5-18-12-9-6-7-10(17)16(8(2)3)11(9)14-13(15-12)19-4/h6-8H,5H2,1-4H3. The summed E-state index contributed by atoms with van der Waals surface area (Å²) in [7, 11) is 0. The van der Waals surface area contributed by atoms with Crippen molar-refractivity contribution in [3.05, 3.63) is 22.5 Å². The predicted molar refractivity (Wildman–Crippen MR) is 77.1 cm³/mol. The fourth-order valence-electron chi connectivity index (χ4n) is 1.92. The van der Waals surface area contributed by atoms with Gasteiger partial charge in [0.05, 0.1) is 12.0 Å². The normalized spacial score (nSPS) is 11.2. The second kappa shape index (κ2) is 5.61. The van der Waals surface area contributed by atoms with E-state index in [4.69, 9.17) is 4.74 Å². The highest BCUT2D eigenvalue weighted by Gasteiger charge is 2.14. The third kappa shape index (κ3) is 2.58. The molecule has 0 N–H and O–H groups in total. The molecule has 0 saturated carbocycles. The lowest BCUT2D eigenvalue weighted by Gasteiger charge is -2.15. The Kier molecular flexibility index (Phi) is 4.09. The number of aromatic nitrogens is 3. The molecule has 6 heteroatoms. The molecule has 0 unspecified atom stereocenters. The summed E-state index contributed by atoms with van der Waals surface area (Å²) in [6.07, 6.45) is 1.90. The maximum Gasteiger partial charge on any atom is 0.252 e. The lowest BCUT2D eigenvalue weighted by Crippen LogP contribution is -2.22. The number of rotatable bonds is 4. The van der Waals surface area contributed by atoms with E-state index in [-0.39, 0.29) is 11.6 Å². The van der Waals surface area contributed by atoms with Crippen LogP contribution < -0.4 is 10.3 Å². The first-order chi connectivity index (χ1) is 9.08. The van der Waals surface area contributed by atoms with Gasteiger partial charge >= 0.3 is 0 Å². The Labute approximate surface area is 116 Å². The molecule has 0 bridgehead atoms. The summed E-state index contributed by atoms with van der Waals surface area (Å²) in [5, 5.41) is 1.38. The van der Waals surface area contributed by atoms with Crippen LogP contribution in [0.25, 0.3) is 11.0 Å². The Balaban J connectivity index is 2.84. The highest BCUT2D eigenvalue weighted by atomic mass is 32.2. The molecule has 5 nitrogen and oxygen atoms in total. The fourth-order valence-corrected chi connectivity index (χ4v) is 2.28. The molecule has 102 valence electrons. The molecule has 0 radical (unpaired) electrons. The van der Waals surface area contributed by atoms with Crippen molar-refractivity contribution in [2.45, 2.75) is 32.0 Å². The first-order valence-electron chi connectivity index (χ1n) is 6.18. The zero-order chi connectivity index (χ0) is 14.0. The van der Waals surface area contributed by atoms with Crippen LogP contribution in [0.15, 0.2) is 22.1 Å². The molecule has 0 saturated heterocycles. The van der Waals surface area contributed by atoms with Gasteiger partial charge in [-0.3, -0.25) is 9.36 Å². The summed E-state index contributed by atoms with van der Waals surface area (Å²) in [4.78, 5) is 20.8. The van der Waals surface area contributed by atoms with Crippen LogP contribution in [0.2, 0.25) is 0 Å². The smallest absolute Gasteiger partial charge is 0.252 e. The summed E-state index contributed by atoms with van der Waals surface area (Å²) >= 11 is 1.43. The van der Waals surface area contributed by atoms with Crippen molar-refractivity contribution < 1.29 is 4.74 Å². The summed E-state index contributed by atoms with van der Waals surface area (Å²) in [5.74, 6) is 0.534. The third-order valence-corrected chi connectivity index (χ3v) is 3.26. The summed E-state index contributed by atoms with van der Waals surface area (Å²) < 4.78 is 7.22. The molecule has 0 aliphatic rings. The highest BCUT2D eigenvalue weighted by molar-refractivity contribution is 7.98. The first-order valence-corrected chi connectivity index (χ1v) is 7.41. The van der Waals surface area contributed by atoms with Crippen molar-refractivity contribution in [3.8, 4) is 5.88 Å². The average Bonchev–Trinajstić information content (AvgIpc) is 2.37. The average molecular weight is 279 g/mol. The lowest BCUT2D eigenvalue weighted by atomic mass is 10.3. The van der Waals surface area contributed by atoms with Crippen molar-refractivity contribution in [2.75, 3.05) is 12.9 Å². The van der Waals surface area contributed by atoms with Crippen molar-refractivity contribution in [1.82, 2.24) is 14.5 Å². The summed E-state index contributed by atoms with van der Waals surface area (Å²) in [6, 6.07) is 3.30. The zero-order valence-electron chi connectivity index (χ0n) is 11.5. The van der Waals surface area contributed by atoms with Crippen LogP contribution in [0.4, 0.5) is 0 Å². The Bertz CT molecular complexity index is 652. The SMILES string of the molecule is CCOc1nc(SC)nc2c1ccc(=O)n2C(C)C. The Hall–Kier alpha value is -1.56. The number of hydrogen-bond acceptors (Lipinski definition) is 5. The second-order valence-corrected chi connectivity index (χ2v) is 5.09. The minimum absolute atomic E-state index is 0.0373. The van der Waals surface area contributed by atoms with Gasteiger partial charge in [-0.1, -0.05) is 11.8 Å². The van der Waals surface area contributed by atoms with Gasteiger partial charge in [0.25, 0.3) is 5.56 Å². The van der Waals surface area contributed by atoms with E-state index in [0.717, 1.165) is 5.39 Å². The molecule has 0 aliphatic carbocycles. The minimum Gasteiger partial charge on any atom is -0.477 e. The molecular weight excluding hydrogens is 262 g/mol. The molecule has 2 rings (SSSR count). The quantitative estimate of drug-likeness (QED) is 0.635. The van der Waals surface area contributed by atoms with Gasteiger partial charge in [-0.05, 0) is 33.1 Å². The van der Waals surface area contributed by atoms with Crippen molar-refractivity contribution in [2.24, 2.45) is 0 Å². The van der Waals surface area contributed by atoms with Crippen molar-refractivity contribution in [3.63, 3.8) is 0 Å². The fraction of sp³-hybridized carbons (Fsp3) is 0.462. The van der Waals surface area contributed by atoms with Crippen LogP contribution in [0.3, 0.4) is 0 Å². The highest BCUT2D eigenvalue weighted by Crippen LogP contribution is 2.25. The summed E-state index contributed by atoms with van der Waals surface area (Å²) in [6.45, 7) is 6.36. The van der Waals surface area contributed by atoms with Crippen LogP contribution in [0.5, 0.6) is 5.88 Å². The van der Waals surface area contributed by atoms with E-state index in [1.54, 1.807) is 10.6 Å². The van der Waals surface area contributed by atoms with Crippen molar-refractivity contribution in [1.29, 1.82) is 0 Å². The van der Waals surface area contributed by atoms with E-state index in [2.05, 4.69) is 9.97 Å². The zero-order valence-corrected chi connectivity index (χ0v) is 12.3. The van der Waals surface area contributed by atoms with Crippen LogP contribution in [-0.2, 0) is 0 Å². The molecule has 2 heterocycles. The number of nitrogens with zero attached hydrogens (tertiary/aromatic N) is 3. The topological polar surface area (TPSA) is 57.0 Å². The molecule has 2 aromatic rings. The summed E-state index contributed by atoms with van der Waals surface area (Å²) in [5.41, 5.74) is 0.570. The molecule has 19 heavy (non-hydrogen) atoms.